The Morgan fingerprint density at radius 3 is 2.73 bits per heavy atom. The van der Waals surface area contributed by atoms with Gasteiger partial charge in [0.05, 0.1) is 32.1 Å². The topological polar surface area (TPSA) is 63.9 Å². The van der Waals surface area contributed by atoms with Gasteiger partial charge in [-0.05, 0) is 48.4 Å². The maximum absolute atomic E-state index is 13.3. The molecule has 4 rings (SSSR count). The molecule has 30 heavy (non-hydrogen) atoms. The molecular weight excluding hydrogens is 380 g/mol. The van der Waals surface area contributed by atoms with Gasteiger partial charge in [0.15, 0.2) is 11.5 Å². The fourth-order valence-electron chi connectivity index (χ4n) is 3.59. The Hall–Kier alpha value is -3.41. The number of benzene rings is 2. The third-order valence-electron chi connectivity index (χ3n) is 5.19. The van der Waals surface area contributed by atoms with E-state index in [-0.39, 0.29) is 12.1 Å². The number of hydrogen-bond acceptors (Lipinski definition) is 5. The zero-order chi connectivity index (χ0) is 20.9. The minimum absolute atomic E-state index is 0.0482. The van der Waals surface area contributed by atoms with E-state index in [4.69, 9.17) is 13.9 Å². The number of para-hydroxylation sites is 1. The normalized spacial score (nSPS) is 15.5. The van der Waals surface area contributed by atoms with Gasteiger partial charge in [-0.2, -0.15) is 0 Å². The van der Waals surface area contributed by atoms with Crippen LogP contribution in [0.4, 0.5) is 5.69 Å². The summed E-state index contributed by atoms with van der Waals surface area (Å²) in [4.78, 5) is 15.1. The van der Waals surface area contributed by atoms with E-state index in [0.717, 1.165) is 29.9 Å². The summed E-state index contributed by atoms with van der Waals surface area (Å²) in [5.41, 5.74) is 2.36. The van der Waals surface area contributed by atoms with E-state index in [2.05, 4.69) is 12.2 Å². The van der Waals surface area contributed by atoms with Crippen molar-refractivity contribution in [3.05, 3.63) is 77.7 Å². The molecule has 0 spiro atoms. The molecule has 1 aliphatic heterocycles. The van der Waals surface area contributed by atoms with E-state index in [1.165, 1.54) is 0 Å². The standard InChI is InChI=1S/C24H26N2O4/c1-3-4-13-30-21-12-11-17(15-22(21)28-2)23-25-20-10-6-5-9-19(20)24(27)26(23)16-18-8-7-14-29-18/h5-12,14-15,23,25H,3-4,13,16H2,1-2H3/t23-/m1/s1. The van der Waals surface area contributed by atoms with Gasteiger partial charge in [-0.1, -0.05) is 31.5 Å². The first kappa shape index (κ1) is 19.9. The molecule has 0 unspecified atom stereocenters. The van der Waals surface area contributed by atoms with Crippen LogP contribution in [-0.2, 0) is 6.54 Å². The van der Waals surface area contributed by atoms with Gasteiger partial charge in [0.1, 0.15) is 11.9 Å². The van der Waals surface area contributed by atoms with Gasteiger partial charge in [0.2, 0.25) is 0 Å². The van der Waals surface area contributed by atoms with Crippen LogP contribution >= 0.6 is 0 Å². The summed E-state index contributed by atoms with van der Waals surface area (Å²) in [6.45, 7) is 3.13. The van der Waals surface area contributed by atoms with Crippen molar-refractivity contribution in [1.29, 1.82) is 0 Å². The third kappa shape index (κ3) is 3.99. The SMILES string of the molecule is CCCCOc1ccc([C@@H]2Nc3ccccc3C(=O)N2Cc2ccco2)cc1OC. The number of hydrogen-bond donors (Lipinski definition) is 1. The Morgan fingerprint density at radius 1 is 1.10 bits per heavy atom. The van der Waals surface area contributed by atoms with Gasteiger partial charge in [-0.3, -0.25) is 4.79 Å². The van der Waals surface area contributed by atoms with Crippen molar-refractivity contribution >= 4 is 11.6 Å². The first-order chi connectivity index (χ1) is 14.7. The molecule has 0 saturated carbocycles. The Bertz CT molecular complexity index is 1000. The fourth-order valence-corrected chi connectivity index (χ4v) is 3.59. The third-order valence-corrected chi connectivity index (χ3v) is 5.19. The molecule has 6 heteroatoms. The number of nitrogens with zero attached hydrogens (tertiary/aromatic N) is 1. The molecule has 1 amide bonds. The molecule has 0 bridgehead atoms. The highest BCUT2D eigenvalue weighted by atomic mass is 16.5. The molecular formula is C24H26N2O4. The molecule has 0 aliphatic carbocycles. The number of rotatable bonds is 8. The smallest absolute Gasteiger partial charge is 0.258 e. The average molecular weight is 406 g/mol. The molecule has 1 aromatic heterocycles. The minimum atomic E-state index is -0.365. The molecule has 2 heterocycles. The van der Waals surface area contributed by atoms with Crippen molar-refractivity contribution in [1.82, 2.24) is 4.90 Å². The lowest BCUT2D eigenvalue weighted by Gasteiger charge is -2.37. The van der Waals surface area contributed by atoms with Crippen LogP contribution in [-0.4, -0.2) is 24.5 Å². The first-order valence-corrected chi connectivity index (χ1v) is 10.2. The largest absolute Gasteiger partial charge is 0.493 e. The molecule has 2 aromatic carbocycles. The van der Waals surface area contributed by atoms with Crippen molar-refractivity contribution in [2.24, 2.45) is 0 Å². The van der Waals surface area contributed by atoms with Crippen LogP contribution in [0.2, 0.25) is 0 Å². The molecule has 0 fully saturated rings. The average Bonchev–Trinajstić information content (AvgIpc) is 3.29. The maximum Gasteiger partial charge on any atom is 0.258 e. The minimum Gasteiger partial charge on any atom is -0.493 e. The van der Waals surface area contributed by atoms with Gasteiger partial charge in [0, 0.05) is 5.69 Å². The number of unbranched alkanes of at least 4 members (excludes halogenated alkanes) is 1. The van der Waals surface area contributed by atoms with E-state index in [1.54, 1.807) is 18.3 Å². The van der Waals surface area contributed by atoms with E-state index in [0.29, 0.717) is 30.2 Å². The number of anilines is 1. The summed E-state index contributed by atoms with van der Waals surface area (Å²) in [5.74, 6) is 2.03. The molecule has 1 N–H and O–H groups in total. The van der Waals surface area contributed by atoms with Crippen LogP contribution in [0, 0.1) is 0 Å². The number of furan rings is 1. The molecule has 1 atom stereocenters. The van der Waals surface area contributed by atoms with E-state index >= 15 is 0 Å². The molecule has 0 saturated heterocycles. The van der Waals surface area contributed by atoms with Gasteiger partial charge in [-0.25, -0.2) is 0 Å². The number of methoxy groups -OCH3 is 1. The lowest BCUT2D eigenvalue weighted by Crippen LogP contribution is -2.42. The highest BCUT2D eigenvalue weighted by molar-refractivity contribution is 6.01. The summed E-state index contributed by atoms with van der Waals surface area (Å²) in [6.07, 6.45) is 3.30. The highest BCUT2D eigenvalue weighted by Gasteiger charge is 2.33. The predicted octanol–water partition coefficient (Wildman–Crippen LogP) is 5.23. The van der Waals surface area contributed by atoms with E-state index in [1.807, 2.05) is 54.6 Å². The van der Waals surface area contributed by atoms with Crippen molar-refractivity contribution in [2.45, 2.75) is 32.5 Å². The molecule has 156 valence electrons. The number of nitrogens with one attached hydrogen (secondary N) is 1. The predicted molar refractivity (Wildman–Crippen MR) is 115 cm³/mol. The van der Waals surface area contributed by atoms with Crippen LogP contribution in [0.25, 0.3) is 0 Å². The van der Waals surface area contributed by atoms with E-state index < -0.39 is 0 Å². The van der Waals surface area contributed by atoms with Crippen molar-refractivity contribution in [3.63, 3.8) is 0 Å². The quantitative estimate of drug-likeness (QED) is 0.519. The van der Waals surface area contributed by atoms with Crippen LogP contribution in [0.3, 0.4) is 0 Å². The van der Waals surface area contributed by atoms with Crippen LogP contribution in [0.5, 0.6) is 11.5 Å². The van der Waals surface area contributed by atoms with Crippen molar-refractivity contribution in [2.75, 3.05) is 19.0 Å². The zero-order valence-corrected chi connectivity index (χ0v) is 17.3. The Kier molecular flexibility index (Phi) is 5.93. The van der Waals surface area contributed by atoms with Crippen LogP contribution in [0.1, 0.15) is 47.6 Å². The van der Waals surface area contributed by atoms with Crippen LogP contribution in [0.15, 0.2) is 65.3 Å². The Morgan fingerprint density at radius 2 is 1.97 bits per heavy atom. The summed E-state index contributed by atoms with van der Waals surface area (Å²) < 4.78 is 16.9. The lowest BCUT2D eigenvalue weighted by atomic mass is 10.0. The summed E-state index contributed by atoms with van der Waals surface area (Å²) in [6, 6.07) is 17.0. The Balaban J connectivity index is 1.68. The second kappa shape index (κ2) is 8.95. The molecule has 0 radical (unpaired) electrons. The van der Waals surface area contributed by atoms with Crippen molar-refractivity contribution < 1.29 is 18.7 Å². The number of ether oxygens (including phenoxy) is 2. The first-order valence-electron chi connectivity index (χ1n) is 10.2. The second-order valence-electron chi connectivity index (χ2n) is 7.22. The van der Waals surface area contributed by atoms with Crippen LogP contribution < -0.4 is 14.8 Å². The summed E-state index contributed by atoms with van der Waals surface area (Å²) in [5, 5.41) is 3.50. The number of amides is 1. The summed E-state index contributed by atoms with van der Waals surface area (Å²) in [7, 11) is 1.63. The number of carbonyl (C=O) groups is 1. The van der Waals surface area contributed by atoms with Crippen molar-refractivity contribution in [3.8, 4) is 11.5 Å². The van der Waals surface area contributed by atoms with Gasteiger partial charge >= 0.3 is 0 Å². The van der Waals surface area contributed by atoms with Gasteiger partial charge in [0.25, 0.3) is 5.91 Å². The lowest BCUT2D eigenvalue weighted by molar-refractivity contribution is 0.0651. The number of fused-ring (bicyclic) bond motifs is 1. The number of carbonyl (C=O) groups excluding carboxylic acids is 1. The monoisotopic (exact) mass is 406 g/mol. The fraction of sp³-hybridized carbons (Fsp3) is 0.292. The molecule has 3 aromatic rings. The van der Waals surface area contributed by atoms with Gasteiger partial charge < -0.3 is 24.1 Å². The highest BCUT2D eigenvalue weighted by Crippen LogP contribution is 2.37. The second-order valence-corrected chi connectivity index (χ2v) is 7.22. The van der Waals surface area contributed by atoms with E-state index in [9.17, 15) is 4.79 Å². The zero-order valence-electron chi connectivity index (χ0n) is 17.3. The molecule has 6 nitrogen and oxygen atoms in total. The summed E-state index contributed by atoms with van der Waals surface area (Å²) >= 11 is 0. The van der Waals surface area contributed by atoms with Gasteiger partial charge in [-0.15, -0.1) is 0 Å². The maximum atomic E-state index is 13.3. The Labute approximate surface area is 176 Å². The molecule has 1 aliphatic rings.